The molecule has 1 aliphatic rings. The highest BCUT2D eigenvalue weighted by Gasteiger charge is 2.34. The highest BCUT2D eigenvalue weighted by atomic mass is 32.2. The van der Waals surface area contributed by atoms with Crippen molar-refractivity contribution in [2.24, 2.45) is 0 Å². The van der Waals surface area contributed by atoms with Crippen molar-refractivity contribution in [2.75, 3.05) is 7.05 Å². The Kier molecular flexibility index (Phi) is 5.19. The average molecular weight is 407 g/mol. The van der Waals surface area contributed by atoms with Crippen LogP contribution in [0.2, 0.25) is 0 Å². The molecular formula is C16H20F3N3O2S2. The molecule has 1 N–H and O–H groups in total. The van der Waals surface area contributed by atoms with Crippen molar-refractivity contribution in [3.63, 3.8) is 0 Å². The van der Waals surface area contributed by atoms with Crippen LogP contribution < -0.4 is 0 Å². The van der Waals surface area contributed by atoms with E-state index in [1.807, 2.05) is 5.10 Å². The lowest BCUT2D eigenvalue weighted by Gasteiger charge is -2.30. The zero-order valence-corrected chi connectivity index (χ0v) is 16.1. The molecule has 3 rings (SSSR count). The van der Waals surface area contributed by atoms with Gasteiger partial charge >= 0.3 is 6.18 Å². The Hall–Kier alpha value is -1.39. The van der Waals surface area contributed by atoms with E-state index in [1.165, 1.54) is 10.4 Å². The van der Waals surface area contributed by atoms with Crippen LogP contribution in [-0.4, -0.2) is 36.0 Å². The summed E-state index contributed by atoms with van der Waals surface area (Å²) < 4.78 is 65.6. The van der Waals surface area contributed by atoms with E-state index in [0.717, 1.165) is 49.5 Å². The summed E-state index contributed by atoms with van der Waals surface area (Å²) in [6, 6.07) is 2.29. The average Bonchev–Trinajstić information content (AvgIpc) is 3.21. The van der Waals surface area contributed by atoms with Gasteiger partial charge < -0.3 is 0 Å². The second-order valence-electron chi connectivity index (χ2n) is 6.51. The van der Waals surface area contributed by atoms with Gasteiger partial charge in [0.15, 0.2) is 0 Å². The molecule has 1 saturated carbocycles. The second kappa shape index (κ2) is 6.97. The summed E-state index contributed by atoms with van der Waals surface area (Å²) in [7, 11) is -2.11. The van der Waals surface area contributed by atoms with E-state index in [0.29, 0.717) is 9.75 Å². The van der Waals surface area contributed by atoms with E-state index in [9.17, 15) is 21.6 Å². The molecule has 0 atom stereocenters. The smallest absolute Gasteiger partial charge is 0.273 e. The number of nitrogens with one attached hydrogen (secondary N) is 1. The Bertz CT molecular complexity index is 881. The molecule has 0 amide bonds. The van der Waals surface area contributed by atoms with Crippen LogP contribution in [0.5, 0.6) is 0 Å². The topological polar surface area (TPSA) is 66.1 Å². The van der Waals surface area contributed by atoms with Crippen LogP contribution in [0.3, 0.4) is 0 Å². The summed E-state index contributed by atoms with van der Waals surface area (Å²) in [6.45, 7) is 1.66. The molecule has 0 radical (unpaired) electrons. The molecule has 0 unspecified atom stereocenters. The first-order valence-electron chi connectivity index (χ1n) is 8.32. The largest absolute Gasteiger partial charge is 0.432 e. The number of H-pyrrole nitrogens is 1. The third kappa shape index (κ3) is 3.67. The van der Waals surface area contributed by atoms with E-state index >= 15 is 0 Å². The number of nitrogens with zero attached hydrogens (tertiary/aromatic N) is 2. The maximum absolute atomic E-state index is 13.0. The molecule has 0 aliphatic heterocycles. The van der Waals surface area contributed by atoms with Crippen LogP contribution >= 0.6 is 11.3 Å². The maximum Gasteiger partial charge on any atom is 0.432 e. The number of thiophene rings is 1. The SMILES string of the molecule is Cc1sc(-c2cc(C(F)(F)F)[nH]n2)cc1S(=O)(=O)N(C)C1CCCCC1. The van der Waals surface area contributed by atoms with Gasteiger partial charge in [0.25, 0.3) is 0 Å². The van der Waals surface area contributed by atoms with Gasteiger partial charge in [0.1, 0.15) is 11.4 Å². The summed E-state index contributed by atoms with van der Waals surface area (Å²) >= 11 is 1.13. The number of rotatable bonds is 4. The van der Waals surface area contributed by atoms with Crippen LogP contribution in [0.1, 0.15) is 42.7 Å². The molecule has 0 aromatic carbocycles. The first-order valence-corrected chi connectivity index (χ1v) is 10.6. The van der Waals surface area contributed by atoms with Gasteiger partial charge in [-0.15, -0.1) is 11.3 Å². The highest BCUT2D eigenvalue weighted by Crippen LogP contribution is 2.37. The number of hydrogen-bond donors (Lipinski definition) is 1. The number of aryl methyl sites for hydroxylation is 1. The Morgan fingerprint density at radius 1 is 1.23 bits per heavy atom. The van der Waals surface area contributed by atoms with Crippen molar-refractivity contribution < 1.29 is 21.6 Å². The molecule has 0 bridgehead atoms. The molecule has 1 aliphatic carbocycles. The van der Waals surface area contributed by atoms with Gasteiger partial charge in [0.2, 0.25) is 10.0 Å². The monoisotopic (exact) mass is 407 g/mol. The first-order chi connectivity index (χ1) is 12.1. The third-order valence-electron chi connectivity index (χ3n) is 4.75. The fourth-order valence-corrected chi connectivity index (χ4v) is 6.17. The molecule has 0 saturated heterocycles. The van der Waals surface area contributed by atoms with E-state index < -0.39 is 21.9 Å². The molecular weight excluding hydrogens is 387 g/mol. The van der Waals surface area contributed by atoms with Crippen molar-refractivity contribution in [3.8, 4) is 10.6 Å². The molecule has 144 valence electrons. The summed E-state index contributed by atoms with van der Waals surface area (Å²) in [5.41, 5.74) is -0.866. The van der Waals surface area contributed by atoms with Crippen molar-refractivity contribution >= 4 is 21.4 Å². The minimum absolute atomic E-state index is 0.0290. The molecule has 2 heterocycles. The lowest BCUT2D eigenvalue weighted by molar-refractivity contribution is -0.141. The van der Waals surface area contributed by atoms with Gasteiger partial charge in [-0.25, -0.2) is 8.42 Å². The summed E-state index contributed by atoms with van der Waals surface area (Å²) in [5, 5.41) is 5.64. The van der Waals surface area contributed by atoms with Crippen LogP contribution in [0, 0.1) is 6.92 Å². The highest BCUT2D eigenvalue weighted by molar-refractivity contribution is 7.89. The van der Waals surface area contributed by atoms with Crippen molar-refractivity contribution in [3.05, 3.63) is 22.7 Å². The van der Waals surface area contributed by atoms with Gasteiger partial charge in [-0.2, -0.15) is 22.6 Å². The zero-order chi connectivity index (χ0) is 19.1. The Labute approximate surface area is 154 Å². The van der Waals surface area contributed by atoms with Gasteiger partial charge in [-0.3, -0.25) is 5.10 Å². The van der Waals surface area contributed by atoms with E-state index in [-0.39, 0.29) is 16.6 Å². The van der Waals surface area contributed by atoms with E-state index in [2.05, 4.69) is 5.10 Å². The van der Waals surface area contributed by atoms with Gasteiger partial charge in [0, 0.05) is 18.0 Å². The summed E-state index contributed by atoms with van der Waals surface area (Å²) in [4.78, 5) is 1.08. The number of alkyl halides is 3. The molecule has 2 aromatic rings. The Morgan fingerprint density at radius 2 is 1.88 bits per heavy atom. The molecule has 2 aromatic heterocycles. The predicted molar refractivity (Wildman–Crippen MR) is 93.5 cm³/mol. The lowest BCUT2D eigenvalue weighted by atomic mass is 9.96. The lowest BCUT2D eigenvalue weighted by Crippen LogP contribution is -2.38. The zero-order valence-electron chi connectivity index (χ0n) is 14.4. The van der Waals surface area contributed by atoms with Crippen molar-refractivity contribution in [1.82, 2.24) is 14.5 Å². The molecule has 10 heteroatoms. The molecule has 0 spiro atoms. The summed E-state index contributed by atoms with van der Waals surface area (Å²) in [6.07, 6.45) is 0.276. The van der Waals surface area contributed by atoms with Crippen molar-refractivity contribution in [2.45, 2.75) is 56.1 Å². The van der Waals surface area contributed by atoms with Crippen LogP contribution in [0.4, 0.5) is 13.2 Å². The fourth-order valence-electron chi connectivity index (χ4n) is 3.24. The van der Waals surface area contributed by atoms with Gasteiger partial charge in [-0.1, -0.05) is 19.3 Å². The number of sulfonamides is 1. The van der Waals surface area contributed by atoms with E-state index in [4.69, 9.17) is 0 Å². The molecule has 26 heavy (non-hydrogen) atoms. The minimum Gasteiger partial charge on any atom is -0.273 e. The number of halogens is 3. The number of aromatic amines is 1. The Balaban J connectivity index is 1.91. The van der Waals surface area contributed by atoms with Crippen LogP contribution in [-0.2, 0) is 16.2 Å². The number of aromatic nitrogens is 2. The summed E-state index contributed by atoms with van der Waals surface area (Å²) in [5.74, 6) is 0. The fraction of sp³-hybridized carbons (Fsp3) is 0.562. The standard InChI is InChI=1S/C16H20F3N3O2S2/c1-10-14(26(23,24)22(2)11-6-4-3-5-7-11)9-13(25-10)12-8-15(21-20-12)16(17,18)19/h8-9,11H,3-7H2,1-2H3,(H,20,21). The quantitative estimate of drug-likeness (QED) is 0.816. The van der Waals surface area contributed by atoms with Crippen molar-refractivity contribution in [1.29, 1.82) is 0 Å². The van der Waals surface area contributed by atoms with E-state index in [1.54, 1.807) is 14.0 Å². The maximum atomic E-state index is 13.0. The molecule has 5 nitrogen and oxygen atoms in total. The van der Waals surface area contributed by atoms with Gasteiger partial charge in [0.05, 0.1) is 9.77 Å². The van der Waals surface area contributed by atoms with Gasteiger partial charge in [-0.05, 0) is 31.9 Å². The second-order valence-corrected chi connectivity index (χ2v) is 9.73. The normalized spacial score (nSPS) is 17.2. The first kappa shape index (κ1) is 19.4. The number of hydrogen-bond acceptors (Lipinski definition) is 4. The van der Waals surface area contributed by atoms with Crippen LogP contribution in [0.15, 0.2) is 17.0 Å². The van der Waals surface area contributed by atoms with Crippen LogP contribution in [0.25, 0.3) is 10.6 Å². The predicted octanol–water partition coefficient (Wildman–Crippen LogP) is 4.42. The minimum atomic E-state index is -4.52. The third-order valence-corrected chi connectivity index (χ3v) is 7.99. The molecule has 1 fully saturated rings. The Morgan fingerprint density at radius 3 is 2.46 bits per heavy atom.